The maximum atomic E-state index is 11.8. The van der Waals surface area contributed by atoms with Gasteiger partial charge in [-0.3, -0.25) is 0 Å². The van der Waals surface area contributed by atoms with Gasteiger partial charge in [-0.1, -0.05) is 231 Å². The van der Waals surface area contributed by atoms with Crippen LogP contribution in [0, 0.1) is 0 Å². The predicted molar refractivity (Wildman–Crippen MR) is 294 cm³/mol. The lowest BCUT2D eigenvalue weighted by atomic mass is 9.71. The Bertz CT molecular complexity index is 3630. The minimum atomic E-state index is -0.631. The zero-order valence-electron chi connectivity index (χ0n) is 40.2. The van der Waals surface area contributed by atoms with Crippen molar-refractivity contribution >= 4 is 0 Å². The summed E-state index contributed by atoms with van der Waals surface area (Å²) in [5, 5.41) is 23.5. The maximum Gasteiger partial charge on any atom is 0.0572 e. The number of aliphatic hydroxyl groups excluding tert-OH is 2. The van der Waals surface area contributed by atoms with E-state index >= 15 is 0 Å². The van der Waals surface area contributed by atoms with E-state index in [1.807, 2.05) is 0 Å². The smallest absolute Gasteiger partial charge is 0.0572 e. The first-order valence-corrected chi connectivity index (χ1v) is 25.8. The van der Waals surface area contributed by atoms with Crippen LogP contribution in [0.1, 0.15) is 78.6 Å². The molecule has 72 heavy (non-hydrogen) atoms. The molecule has 0 heterocycles. The van der Waals surface area contributed by atoms with Gasteiger partial charge in [0.1, 0.15) is 0 Å². The molecule has 2 heteroatoms. The largest absolute Gasteiger partial charge is 0.395 e. The summed E-state index contributed by atoms with van der Waals surface area (Å²) in [6.07, 6.45) is 3.14. The van der Waals surface area contributed by atoms with Gasteiger partial charge in [0.15, 0.2) is 0 Å². The molecule has 10 aromatic rings. The van der Waals surface area contributed by atoms with Gasteiger partial charge in [-0.2, -0.15) is 0 Å². The number of aliphatic hydroxyl groups is 2. The number of rotatable bonds is 11. The summed E-state index contributed by atoms with van der Waals surface area (Å²) in [5.41, 5.74) is 26.6. The molecule has 14 rings (SSSR count). The quantitative estimate of drug-likeness (QED) is 0.136. The van der Waals surface area contributed by atoms with E-state index in [-0.39, 0.29) is 19.1 Å². The summed E-state index contributed by atoms with van der Waals surface area (Å²) in [5.74, 6) is 0.534. The van der Waals surface area contributed by atoms with Crippen LogP contribution in [0.4, 0.5) is 0 Å². The zero-order valence-corrected chi connectivity index (χ0v) is 40.2. The Morgan fingerprint density at radius 2 is 0.653 bits per heavy atom. The first-order valence-electron chi connectivity index (χ1n) is 25.8. The molecular formula is C70H54O2. The molecular weight excluding hydrogens is 873 g/mol. The molecule has 1 unspecified atom stereocenters. The van der Waals surface area contributed by atoms with Crippen LogP contribution >= 0.6 is 0 Å². The summed E-state index contributed by atoms with van der Waals surface area (Å²) in [6.45, 7) is -0.0141. The third kappa shape index (κ3) is 6.42. The van der Waals surface area contributed by atoms with E-state index in [2.05, 4.69) is 231 Å². The predicted octanol–water partition coefficient (Wildman–Crippen LogP) is 15.1. The van der Waals surface area contributed by atoms with E-state index in [4.69, 9.17) is 0 Å². The van der Waals surface area contributed by atoms with E-state index in [0.29, 0.717) is 18.8 Å². The van der Waals surface area contributed by atoms with E-state index in [1.54, 1.807) is 0 Å². The van der Waals surface area contributed by atoms with Gasteiger partial charge >= 0.3 is 0 Å². The Hall–Kier alpha value is -7.88. The fourth-order valence-corrected chi connectivity index (χ4v) is 14.0. The minimum Gasteiger partial charge on any atom is -0.395 e. The topological polar surface area (TPSA) is 40.5 Å². The molecule has 10 aromatic carbocycles. The molecule has 0 aliphatic heterocycles. The van der Waals surface area contributed by atoms with Gasteiger partial charge in [-0.25, -0.2) is 0 Å². The summed E-state index contributed by atoms with van der Waals surface area (Å²) >= 11 is 0. The first-order chi connectivity index (χ1) is 35.6. The monoisotopic (exact) mass is 926 g/mol. The van der Waals surface area contributed by atoms with E-state index in [9.17, 15) is 10.2 Å². The van der Waals surface area contributed by atoms with Crippen molar-refractivity contribution in [1.29, 1.82) is 0 Å². The third-order valence-electron chi connectivity index (χ3n) is 17.3. The fraction of sp³-hybridized carbons (Fsp3) is 0.143. The lowest BCUT2D eigenvalue weighted by molar-refractivity contribution is 0.221. The highest BCUT2D eigenvalue weighted by Crippen LogP contribution is 2.55. The van der Waals surface area contributed by atoms with Gasteiger partial charge < -0.3 is 10.2 Å². The van der Waals surface area contributed by atoms with E-state index in [0.717, 1.165) is 12.8 Å². The van der Waals surface area contributed by atoms with Crippen LogP contribution in [0.2, 0.25) is 0 Å². The molecule has 4 aliphatic rings. The van der Waals surface area contributed by atoms with E-state index < -0.39 is 10.8 Å². The second kappa shape index (κ2) is 16.9. The van der Waals surface area contributed by atoms with Crippen molar-refractivity contribution < 1.29 is 10.2 Å². The number of hydrogen-bond acceptors (Lipinski definition) is 2. The highest BCUT2D eigenvalue weighted by atomic mass is 16.3. The minimum absolute atomic E-state index is 0.00142. The van der Waals surface area contributed by atoms with Crippen LogP contribution in [0.15, 0.2) is 231 Å². The van der Waals surface area contributed by atoms with Crippen molar-refractivity contribution in [2.24, 2.45) is 0 Å². The Labute approximate surface area is 422 Å². The molecule has 0 amide bonds. The van der Waals surface area contributed by atoms with E-state index in [1.165, 1.54) is 122 Å². The van der Waals surface area contributed by atoms with Crippen molar-refractivity contribution in [1.82, 2.24) is 0 Å². The molecule has 4 aliphatic carbocycles. The Morgan fingerprint density at radius 1 is 0.292 bits per heavy atom. The summed E-state index contributed by atoms with van der Waals surface area (Å²) in [4.78, 5) is 0. The van der Waals surface area contributed by atoms with Crippen LogP contribution in [-0.4, -0.2) is 23.4 Å². The molecule has 2 nitrogen and oxygen atoms in total. The second-order valence-electron chi connectivity index (χ2n) is 20.9. The highest BCUT2D eigenvalue weighted by Gasteiger charge is 2.45. The van der Waals surface area contributed by atoms with Crippen molar-refractivity contribution in [3.8, 4) is 55.6 Å². The van der Waals surface area contributed by atoms with Crippen molar-refractivity contribution in [3.05, 3.63) is 297 Å². The summed E-state index contributed by atoms with van der Waals surface area (Å²) in [6, 6.07) is 85.0. The maximum absolute atomic E-state index is 11.8. The van der Waals surface area contributed by atoms with Gasteiger partial charge in [0.25, 0.3) is 0 Å². The normalized spacial score (nSPS) is 15.7. The molecule has 0 aromatic heterocycles. The summed E-state index contributed by atoms with van der Waals surface area (Å²) < 4.78 is 0. The van der Waals surface area contributed by atoms with Crippen LogP contribution in [0.5, 0.6) is 0 Å². The SMILES string of the molecule is OCC1(Cc2ccc(CC3(CO)c4ccccc4-c4ccccc43)c(-c3cccc4c3-c3ccccc3C4Cc3ccc(CC4c5ccccc5-c5ccccc54)cc3)c2)c2ccccc2-c2ccccc21. The average molecular weight is 927 g/mol. The molecule has 0 radical (unpaired) electrons. The highest BCUT2D eigenvalue weighted by molar-refractivity contribution is 5.93. The summed E-state index contributed by atoms with van der Waals surface area (Å²) in [7, 11) is 0. The standard InChI is InChI=1S/C70H54O2/c71-43-69(64-28-11-7-21-54(64)55-22-8-12-29-65(55)69)41-47-36-37-48(42-70(44-72)66-30-13-9-23-56(66)57-24-10-14-31-67(57)70)61(40-47)59-26-15-27-60-63(53-20-5-6-25-58(53)68(59)60)39-46-34-32-45(33-35-46)38-62-51-18-3-1-16-49(51)50-17-2-4-19-52(50)62/h1-37,40,62-63,71-72H,38-39,41-44H2. The van der Waals surface area contributed by atoms with Gasteiger partial charge in [0.2, 0.25) is 0 Å². The van der Waals surface area contributed by atoms with Crippen LogP contribution in [-0.2, 0) is 36.5 Å². The Morgan fingerprint density at radius 3 is 1.14 bits per heavy atom. The average Bonchev–Trinajstić information content (AvgIpc) is 4.12. The van der Waals surface area contributed by atoms with Crippen molar-refractivity contribution in [2.45, 2.75) is 48.3 Å². The fourth-order valence-electron chi connectivity index (χ4n) is 14.0. The van der Waals surface area contributed by atoms with Crippen LogP contribution in [0.3, 0.4) is 0 Å². The van der Waals surface area contributed by atoms with Gasteiger partial charge in [-0.05, 0) is 148 Å². The second-order valence-corrected chi connectivity index (χ2v) is 20.9. The molecule has 0 bridgehead atoms. The molecule has 0 fully saturated rings. The van der Waals surface area contributed by atoms with Crippen LogP contribution in [0.25, 0.3) is 55.6 Å². The number of hydrogen-bond donors (Lipinski definition) is 2. The Kier molecular flexibility index (Phi) is 10.1. The molecule has 0 saturated carbocycles. The number of benzene rings is 10. The lowest BCUT2D eigenvalue weighted by Gasteiger charge is -2.33. The first kappa shape index (κ1) is 43.0. The number of fused-ring (bicyclic) bond motifs is 12. The molecule has 0 saturated heterocycles. The van der Waals surface area contributed by atoms with Crippen molar-refractivity contribution in [2.75, 3.05) is 13.2 Å². The molecule has 2 N–H and O–H groups in total. The van der Waals surface area contributed by atoms with Gasteiger partial charge in [-0.15, -0.1) is 0 Å². The van der Waals surface area contributed by atoms with Gasteiger partial charge in [0.05, 0.1) is 13.2 Å². The Balaban J connectivity index is 0.875. The third-order valence-corrected chi connectivity index (χ3v) is 17.3. The molecule has 346 valence electrons. The van der Waals surface area contributed by atoms with Crippen LogP contribution < -0.4 is 0 Å². The van der Waals surface area contributed by atoms with Crippen molar-refractivity contribution in [3.63, 3.8) is 0 Å². The lowest BCUT2D eigenvalue weighted by Crippen LogP contribution is -2.33. The zero-order chi connectivity index (χ0) is 48.0. The molecule has 0 spiro atoms. The van der Waals surface area contributed by atoms with Gasteiger partial charge in [0, 0.05) is 22.7 Å². The molecule has 1 atom stereocenters.